The summed E-state index contributed by atoms with van der Waals surface area (Å²) in [5.74, 6) is -1.30. The number of amides is 2. The highest BCUT2D eigenvalue weighted by molar-refractivity contribution is 14.1. The second kappa shape index (κ2) is 6.53. The number of hydrogen-bond acceptors (Lipinski definition) is 2. The van der Waals surface area contributed by atoms with E-state index in [0.29, 0.717) is 6.42 Å². The molecule has 0 saturated heterocycles. The van der Waals surface area contributed by atoms with Crippen molar-refractivity contribution in [3.05, 3.63) is 30.9 Å². The van der Waals surface area contributed by atoms with Crippen LogP contribution in [0.25, 0.3) is 0 Å². The molecule has 0 aliphatic rings. The highest BCUT2D eigenvalue weighted by atomic mass is 127. The lowest BCUT2D eigenvalue weighted by atomic mass is 9.93. The molecule has 0 spiro atoms. The van der Waals surface area contributed by atoms with E-state index in [1.807, 2.05) is 18.2 Å². The minimum absolute atomic E-state index is 0.161. The molecule has 0 aromatic heterocycles. The predicted octanol–water partition coefficient (Wildman–Crippen LogP) is 1.73. The molecule has 6 heteroatoms. The average Bonchev–Trinajstić information content (AvgIpc) is 2.21. The third kappa shape index (κ3) is 4.09. The Kier molecular flexibility index (Phi) is 5.63. The van der Waals surface area contributed by atoms with Crippen molar-refractivity contribution in [3.8, 4) is 0 Å². The van der Waals surface area contributed by atoms with Crippen molar-refractivity contribution in [3.63, 3.8) is 0 Å². The molecule has 4 N–H and O–H groups in total. The van der Waals surface area contributed by atoms with Gasteiger partial charge in [-0.1, -0.05) is 6.07 Å². The molecule has 0 radical (unpaired) electrons. The number of benzene rings is 1. The fourth-order valence-electron chi connectivity index (χ4n) is 1.56. The number of nitrogens with two attached hydrogens (primary N) is 2. The van der Waals surface area contributed by atoms with E-state index < -0.39 is 17.7 Å². The lowest BCUT2D eigenvalue weighted by Crippen LogP contribution is -2.24. The summed E-state index contributed by atoms with van der Waals surface area (Å²) < 4.78 is 1.95. The van der Waals surface area contributed by atoms with Crippen molar-refractivity contribution >= 4 is 57.0 Å². The maximum atomic E-state index is 11.5. The van der Waals surface area contributed by atoms with E-state index in [2.05, 4.69) is 45.2 Å². The van der Waals surface area contributed by atoms with Gasteiger partial charge in [0.2, 0.25) is 11.8 Å². The summed E-state index contributed by atoms with van der Waals surface area (Å²) in [6.45, 7) is 0. The van der Waals surface area contributed by atoms with Crippen molar-refractivity contribution < 1.29 is 9.59 Å². The molecule has 17 heavy (non-hydrogen) atoms. The molecule has 1 atom stereocenters. The van der Waals surface area contributed by atoms with Crippen molar-refractivity contribution in [2.45, 2.75) is 18.8 Å². The molecular weight excluding hydrogens is 446 g/mol. The molecule has 1 rings (SSSR count). The molecule has 2 amide bonds. The van der Waals surface area contributed by atoms with E-state index in [4.69, 9.17) is 11.5 Å². The van der Waals surface area contributed by atoms with E-state index in [1.54, 1.807) is 0 Å². The second-order valence-corrected chi connectivity index (χ2v) is 5.92. The Balaban J connectivity index is 3.05. The summed E-state index contributed by atoms with van der Waals surface area (Å²) in [5.41, 5.74) is 11.4. The van der Waals surface area contributed by atoms with Crippen molar-refractivity contribution in [1.82, 2.24) is 0 Å². The van der Waals surface area contributed by atoms with E-state index in [1.165, 1.54) is 0 Å². The highest BCUT2D eigenvalue weighted by Gasteiger charge is 2.23. The van der Waals surface area contributed by atoms with Gasteiger partial charge in [-0.05, 0) is 69.3 Å². The van der Waals surface area contributed by atoms with Gasteiger partial charge in [0.15, 0.2) is 0 Å². The van der Waals surface area contributed by atoms with Crippen LogP contribution >= 0.6 is 45.2 Å². The molecule has 1 aromatic rings. The maximum Gasteiger partial charge on any atom is 0.225 e. The van der Waals surface area contributed by atoms with Gasteiger partial charge in [0.05, 0.1) is 5.92 Å². The Hall–Kier alpha value is -0.380. The SMILES string of the molecule is NC(=O)CCC(C(N)=O)c1c(I)cccc1I. The number of hydrogen-bond donors (Lipinski definition) is 2. The van der Waals surface area contributed by atoms with Crippen molar-refractivity contribution in [2.75, 3.05) is 0 Å². The third-order valence-electron chi connectivity index (χ3n) is 2.37. The predicted molar refractivity (Wildman–Crippen MR) is 82.2 cm³/mol. The molecular formula is C11H12I2N2O2. The van der Waals surface area contributed by atoms with Crippen molar-refractivity contribution in [1.29, 1.82) is 0 Å². The van der Waals surface area contributed by atoms with Crippen LogP contribution in [0, 0.1) is 7.14 Å². The molecule has 0 bridgehead atoms. The maximum absolute atomic E-state index is 11.5. The van der Waals surface area contributed by atoms with E-state index >= 15 is 0 Å². The first-order chi connectivity index (χ1) is 7.93. The smallest absolute Gasteiger partial charge is 0.225 e. The van der Waals surface area contributed by atoms with Crippen LogP contribution in [0.1, 0.15) is 24.3 Å². The van der Waals surface area contributed by atoms with E-state index in [9.17, 15) is 9.59 Å². The first-order valence-electron chi connectivity index (χ1n) is 4.95. The van der Waals surface area contributed by atoms with Crippen LogP contribution in [0.2, 0.25) is 0 Å². The van der Waals surface area contributed by atoms with Crippen LogP contribution in [0.15, 0.2) is 18.2 Å². The van der Waals surface area contributed by atoms with Gasteiger partial charge in [0.25, 0.3) is 0 Å². The minimum Gasteiger partial charge on any atom is -0.370 e. The summed E-state index contributed by atoms with van der Waals surface area (Å²) >= 11 is 4.33. The first kappa shape index (κ1) is 14.7. The highest BCUT2D eigenvalue weighted by Crippen LogP contribution is 2.30. The summed E-state index contributed by atoms with van der Waals surface area (Å²) in [4.78, 5) is 22.3. The minimum atomic E-state index is -0.456. The number of carbonyl (C=O) groups is 2. The summed E-state index contributed by atoms with van der Waals surface area (Å²) in [6, 6.07) is 5.75. The van der Waals surface area contributed by atoms with Crippen LogP contribution in [-0.2, 0) is 9.59 Å². The molecule has 0 heterocycles. The molecule has 4 nitrogen and oxygen atoms in total. The van der Waals surface area contributed by atoms with Gasteiger partial charge in [0, 0.05) is 13.6 Å². The van der Waals surface area contributed by atoms with Crippen molar-refractivity contribution in [2.24, 2.45) is 11.5 Å². The number of carbonyl (C=O) groups excluding carboxylic acids is 2. The molecule has 1 aromatic carbocycles. The van der Waals surface area contributed by atoms with Gasteiger partial charge in [-0.3, -0.25) is 9.59 Å². The topological polar surface area (TPSA) is 86.2 Å². The second-order valence-electron chi connectivity index (χ2n) is 3.60. The van der Waals surface area contributed by atoms with Gasteiger partial charge < -0.3 is 11.5 Å². The zero-order chi connectivity index (χ0) is 13.0. The third-order valence-corrected chi connectivity index (χ3v) is 4.25. The Bertz CT molecular complexity index is 429. The Labute approximate surface area is 127 Å². The zero-order valence-corrected chi connectivity index (χ0v) is 13.3. The fourth-order valence-corrected chi connectivity index (χ4v) is 3.82. The van der Waals surface area contributed by atoms with E-state index in [-0.39, 0.29) is 6.42 Å². The zero-order valence-electron chi connectivity index (χ0n) is 8.95. The molecule has 0 aliphatic carbocycles. The standard InChI is InChI=1S/C11H12I2N2O2/c12-7-2-1-3-8(13)10(7)6(11(15)17)4-5-9(14)16/h1-3,6H,4-5H2,(H2,14,16)(H2,15,17). The number of halogens is 2. The number of primary amides is 2. The summed E-state index contributed by atoms with van der Waals surface area (Å²) in [7, 11) is 0. The average molecular weight is 458 g/mol. The summed E-state index contributed by atoms with van der Waals surface area (Å²) in [6.07, 6.45) is 0.523. The van der Waals surface area contributed by atoms with Gasteiger partial charge in [-0.25, -0.2) is 0 Å². The van der Waals surface area contributed by atoms with E-state index in [0.717, 1.165) is 12.7 Å². The van der Waals surface area contributed by atoms with Crippen LogP contribution in [-0.4, -0.2) is 11.8 Å². The van der Waals surface area contributed by atoms with Gasteiger partial charge in [-0.15, -0.1) is 0 Å². The van der Waals surface area contributed by atoms with Crippen LogP contribution in [0.3, 0.4) is 0 Å². The lowest BCUT2D eigenvalue weighted by Gasteiger charge is -2.16. The fraction of sp³-hybridized carbons (Fsp3) is 0.273. The van der Waals surface area contributed by atoms with Crippen LogP contribution < -0.4 is 11.5 Å². The van der Waals surface area contributed by atoms with Gasteiger partial charge in [-0.2, -0.15) is 0 Å². The molecule has 92 valence electrons. The quantitative estimate of drug-likeness (QED) is 0.660. The lowest BCUT2D eigenvalue weighted by molar-refractivity contribution is -0.120. The van der Waals surface area contributed by atoms with Gasteiger partial charge in [0.1, 0.15) is 0 Å². The Morgan fingerprint density at radius 2 is 1.71 bits per heavy atom. The molecule has 0 saturated carbocycles. The molecule has 1 unspecified atom stereocenters. The Morgan fingerprint density at radius 3 is 2.12 bits per heavy atom. The van der Waals surface area contributed by atoms with Gasteiger partial charge >= 0.3 is 0 Å². The monoisotopic (exact) mass is 458 g/mol. The largest absolute Gasteiger partial charge is 0.370 e. The van der Waals surface area contributed by atoms with Crippen LogP contribution in [0.4, 0.5) is 0 Å². The molecule has 0 fully saturated rings. The normalized spacial score (nSPS) is 12.1. The van der Waals surface area contributed by atoms with Crippen LogP contribution in [0.5, 0.6) is 0 Å². The number of rotatable bonds is 5. The Morgan fingerprint density at radius 1 is 1.18 bits per heavy atom. The first-order valence-corrected chi connectivity index (χ1v) is 7.10. The summed E-state index contributed by atoms with van der Waals surface area (Å²) in [5, 5.41) is 0. The molecule has 0 aliphatic heterocycles.